The first kappa shape index (κ1) is 21.0. The summed E-state index contributed by atoms with van der Waals surface area (Å²) < 4.78 is 8.28. The molecule has 0 saturated carbocycles. The molecule has 0 atom stereocenters. The molecule has 2 heterocycles. The van der Waals surface area contributed by atoms with E-state index in [1.54, 1.807) is 44.4 Å². The van der Waals surface area contributed by atoms with E-state index >= 15 is 0 Å². The molecule has 4 rings (SSSR count). The van der Waals surface area contributed by atoms with Gasteiger partial charge in [-0.2, -0.15) is 9.50 Å². The topological polar surface area (TPSA) is 90.5 Å². The van der Waals surface area contributed by atoms with Gasteiger partial charge in [-0.15, -0.1) is 11.7 Å². The first-order valence-electron chi connectivity index (χ1n) is 10.1. The molecule has 1 N–H and O–H groups in total. The third-order valence-electron chi connectivity index (χ3n) is 5.16. The van der Waals surface area contributed by atoms with Gasteiger partial charge in [-0.05, 0) is 19.1 Å². The minimum Gasteiger partial charge on any atom is -0.497 e. The second-order valence-corrected chi connectivity index (χ2v) is 7.24. The van der Waals surface area contributed by atoms with Crippen LogP contribution in [0.15, 0.2) is 72.0 Å². The highest BCUT2D eigenvalue weighted by Gasteiger charge is 2.20. The highest BCUT2D eigenvalue weighted by Crippen LogP contribution is 2.19. The number of methoxy groups -OCH3 is 1. The smallest absolute Gasteiger partial charge is 0.279 e. The summed E-state index contributed by atoms with van der Waals surface area (Å²) in [6.45, 7) is 6.03. The van der Waals surface area contributed by atoms with Crippen molar-refractivity contribution in [3.63, 3.8) is 0 Å². The van der Waals surface area contributed by atoms with Crippen molar-refractivity contribution in [2.24, 2.45) is 0 Å². The van der Waals surface area contributed by atoms with Crippen molar-refractivity contribution in [3.8, 4) is 17.1 Å². The van der Waals surface area contributed by atoms with Crippen molar-refractivity contribution in [2.45, 2.75) is 19.9 Å². The molecule has 162 valence electrons. The van der Waals surface area contributed by atoms with Crippen molar-refractivity contribution in [1.29, 1.82) is 0 Å². The lowest BCUT2D eigenvalue weighted by Crippen LogP contribution is -2.29. The normalized spacial score (nSPS) is 10.8. The Kier molecular flexibility index (Phi) is 5.85. The number of hydrogen-bond acceptors (Lipinski definition) is 5. The molecular formula is C24H23N5O3. The van der Waals surface area contributed by atoms with Crippen LogP contribution in [0.3, 0.4) is 0 Å². The van der Waals surface area contributed by atoms with Crippen LogP contribution in [0.25, 0.3) is 17.2 Å². The van der Waals surface area contributed by atoms with Crippen molar-refractivity contribution in [3.05, 3.63) is 88.9 Å². The molecule has 32 heavy (non-hydrogen) atoms. The van der Waals surface area contributed by atoms with E-state index in [9.17, 15) is 9.59 Å². The van der Waals surface area contributed by atoms with E-state index in [1.165, 1.54) is 4.52 Å². The molecule has 1 amide bonds. The Bertz CT molecular complexity index is 1360. The number of amides is 1. The van der Waals surface area contributed by atoms with Crippen LogP contribution < -0.4 is 15.6 Å². The highest BCUT2D eigenvalue weighted by molar-refractivity contribution is 5.92. The van der Waals surface area contributed by atoms with Crippen LogP contribution in [-0.2, 0) is 17.8 Å². The first-order chi connectivity index (χ1) is 15.5. The molecule has 8 nitrogen and oxygen atoms in total. The van der Waals surface area contributed by atoms with E-state index in [0.717, 1.165) is 5.56 Å². The first-order valence-corrected chi connectivity index (χ1v) is 10.1. The lowest BCUT2D eigenvalue weighted by Gasteiger charge is -2.14. The fourth-order valence-electron chi connectivity index (χ4n) is 3.54. The van der Waals surface area contributed by atoms with Gasteiger partial charge in [-0.25, -0.2) is 0 Å². The Hall–Kier alpha value is -4.20. The summed E-state index contributed by atoms with van der Waals surface area (Å²) in [5, 5.41) is 7.25. The number of allylic oxidation sites excluding steroid dienone is 1. The number of anilines is 1. The summed E-state index contributed by atoms with van der Waals surface area (Å²) in [5.74, 6) is 1.16. The second kappa shape index (κ2) is 8.89. The van der Waals surface area contributed by atoms with Crippen molar-refractivity contribution in [2.75, 3.05) is 12.4 Å². The number of fused-ring (bicyclic) bond motifs is 1. The van der Waals surface area contributed by atoms with Gasteiger partial charge < -0.3 is 14.6 Å². The second-order valence-electron chi connectivity index (χ2n) is 7.24. The standard InChI is InChI=1S/C24H23N5O3/c1-4-13-28-16(2)20(15-21(30)25-18-11-8-12-19(14-18)32-3)23(31)29-24(28)26-22(27-29)17-9-6-5-7-10-17/h4-12,14H,1,13,15H2,2-3H3,(H,25,30). The van der Waals surface area contributed by atoms with E-state index in [2.05, 4.69) is 22.0 Å². The number of rotatable bonds is 7. The molecule has 2 aromatic heterocycles. The van der Waals surface area contributed by atoms with Gasteiger partial charge in [0, 0.05) is 35.1 Å². The summed E-state index contributed by atoms with van der Waals surface area (Å²) in [4.78, 5) is 30.6. The zero-order valence-corrected chi connectivity index (χ0v) is 17.9. The van der Waals surface area contributed by atoms with Gasteiger partial charge in [0.2, 0.25) is 11.7 Å². The summed E-state index contributed by atoms with van der Waals surface area (Å²) in [5.41, 5.74) is 2.02. The summed E-state index contributed by atoms with van der Waals surface area (Å²) in [6.07, 6.45) is 1.62. The van der Waals surface area contributed by atoms with Crippen molar-refractivity contribution in [1.82, 2.24) is 19.2 Å². The maximum atomic E-state index is 13.3. The third-order valence-corrected chi connectivity index (χ3v) is 5.16. The van der Waals surface area contributed by atoms with E-state index in [4.69, 9.17) is 4.74 Å². The summed E-state index contributed by atoms with van der Waals surface area (Å²) in [7, 11) is 1.56. The SMILES string of the molecule is C=CCn1c(C)c(CC(=O)Nc2cccc(OC)c2)c(=O)n2nc(-c3ccccc3)nc12. The largest absolute Gasteiger partial charge is 0.497 e. The minimum absolute atomic E-state index is 0.102. The molecule has 8 heteroatoms. The van der Waals surface area contributed by atoms with E-state index in [-0.39, 0.29) is 17.9 Å². The third kappa shape index (κ3) is 4.02. The van der Waals surface area contributed by atoms with Crippen LogP contribution >= 0.6 is 0 Å². The predicted molar refractivity (Wildman–Crippen MR) is 123 cm³/mol. The maximum absolute atomic E-state index is 13.3. The molecule has 0 unspecified atom stereocenters. The van der Waals surface area contributed by atoms with Gasteiger partial charge >= 0.3 is 0 Å². The molecule has 0 aliphatic heterocycles. The lowest BCUT2D eigenvalue weighted by atomic mass is 10.1. The molecule has 0 saturated heterocycles. The summed E-state index contributed by atoms with van der Waals surface area (Å²) in [6, 6.07) is 16.5. The Labute approximate surface area is 184 Å². The zero-order chi connectivity index (χ0) is 22.7. The van der Waals surface area contributed by atoms with Crippen molar-refractivity contribution >= 4 is 17.4 Å². The molecule has 4 aromatic rings. The predicted octanol–water partition coefficient (Wildman–Crippen LogP) is 3.24. The van der Waals surface area contributed by atoms with Crippen LogP contribution in [0.1, 0.15) is 11.3 Å². The highest BCUT2D eigenvalue weighted by atomic mass is 16.5. The van der Waals surface area contributed by atoms with Crippen LogP contribution in [0, 0.1) is 6.92 Å². The van der Waals surface area contributed by atoms with E-state index < -0.39 is 0 Å². The number of carbonyl (C=O) groups excluding carboxylic acids is 1. The van der Waals surface area contributed by atoms with Gasteiger partial charge in [0.1, 0.15) is 5.75 Å². The van der Waals surface area contributed by atoms with Crippen LogP contribution in [-0.4, -0.2) is 32.2 Å². The molecule has 0 spiro atoms. The number of aromatic nitrogens is 4. The number of hydrogen-bond donors (Lipinski definition) is 1. The molecule has 0 fully saturated rings. The minimum atomic E-state index is -0.367. The molecule has 0 bridgehead atoms. The average Bonchev–Trinajstić information content (AvgIpc) is 3.26. The number of benzene rings is 2. The van der Waals surface area contributed by atoms with Crippen LogP contribution in [0.2, 0.25) is 0 Å². The molecule has 0 aliphatic carbocycles. The van der Waals surface area contributed by atoms with Gasteiger partial charge in [0.15, 0.2) is 5.82 Å². The number of ether oxygens (including phenoxy) is 1. The van der Waals surface area contributed by atoms with Gasteiger partial charge in [0.05, 0.1) is 13.5 Å². The number of nitrogens with one attached hydrogen (secondary N) is 1. The number of nitrogens with zero attached hydrogens (tertiary/aromatic N) is 4. The fourth-order valence-corrected chi connectivity index (χ4v) is 3.54. The molecular weight excluding hydrogens is 406 g/mol. The fraction of sp³-hybridized carbons (Fsp3) is 0.167. The van der Waals surface area contributed by atoms with E-state index in [0.29, 0.717) is 40.8 Å². The number of carbonyl (C=O) groups is 1. The van der Waals surface area contributed by atoms with Gasteiger partial charge in [-0.1, -0.05) is 42.5 Å². The zero-order valence-electron chi connectivity index (χ0n) is 17.9. The Morgan fingerprint density at radius 2 is 1.97 bits per heavy atom. The molecule has 2 aromatic carbocycles. The van der Waals surface area contributed by atoms with Crippen LogP contribution in [0.4, 0.5) is 5.69 Å². The van der Waals surface area contributed by atoms with Crippen molar-refractivity contribution < 1.29 is 9.53 Å². The Balaban J connectivity index is 1.74. The summed E-state index contributed by atoms with van der Waals surface area (Å²) >= 11 is 0. The average molecular weight is 429 g/mol. The lowest BCUT2D eigenvalue weighted by molar-refractivity contribution is -0.115. The van der Waals surface area contributed by atoms with Gasteiger partial charge in [-0.3, -0.25) is 9.59 Å². The Morgan fingerprint density at radius 1 is 1.19 bits per heavy atom. The molecule has 0 aliphatic rings. The van der Waals surface area contributed by atoms with Crippen LogP contribution in [0.5, 0.6) is 5.75 Å². The monoisotopic (exact) mass is 429 g/mol. The quantitative estimate of drug-likeness (QED) is 0.456. The van der Waals surface area contributed by atoms with Gasteiger partial charge in [0.25, 0.3) is 5.56 Å². The van der Waals surface area contributed by atoms with E-state index in [1.807, 2.05) is 34.9 Å². The maximum Gasteiger partial charge on any atom is 0.279 e. The Morgan fingerprint density at radius 3 is 2.69 bits per heavy atom. The molecule has 0 radical (unpaired) electrons.